The molecule has 6 heteroatoms. The molecule has 0 aromatic heterocycles. The average Bonchev–Trinajstić information content (AvgIpc) is 2.49. The summed E-state index contributed by atoms with van der Waals surface area (Å²) in [5.74, 6) is 0. The standard InChI is InChI=1S/C14H16BrN3O2/c15-13-4-2-1-3-12(13)5-6-16-14(20)18-9-7-17(11-19)8-10-18/h1-6,11H,7-10H2,(H,16,20)/b6-5+. The molecule has 0 atom stereocenters. The molecule has 0 saturated carbocycles. The van der Waals surface area contributed by atoms with Crippen molar-refractivity contribution < 1.29 is 9.59 Å². The lowest BCUT2D eigenvalue weighted by molar-refractivity contribution is -0.119. The van der Waals surface area contributed by atoms with E-state index in [4.69, 9.17) is 0 Å². The molecule has 1 saturated heterocycles. The first-order valence-corrected chi connectivity index (χ1v) is 7.16. The Kier molecular flexibility index (Phi) is 5.17. The number of benzene rings is 1. The van der Waals surface area contributed by atoms with Gasteiger partial charge in [0.25, 0.3) is 0 Å². The first-order valence-electron chi connectivity index (χ1n) is 6.36. The number of hydrogen-bond donors (Lipinski definition) is 1. The number of nitrogens with one attached hydrogen (secondary N) is 1. The van der Waals surface area contributed by atoms with Crippen LogP contribution in [0.15, 0.2) is 34.9 Å². The van der Waals surface area contributed by atoms with Crippen LogP contribution in [0.1, 0.15) is 5.56 Å². The largest absolute Gasteiger partial charge is 0.342 e. The van der Waals surface area contributed by atoms with Gasteiger partial charge in [0.1, 0.15) is 0 Å². The lowest BCUT2D eigenvalue weighted by Crippen LogP contribution is -2.50. The van der Waals surface area contributed by atoms with E-state index in [0.29, 0.717) is 26.2 Å². The predicted molar refractivity (Wildman–Crippen MR) is 80.9 cm³/mol. The second kappa shape index (κ2) is 7.09. The monoisotopic (exact) mass is 337 g/mol. The van der Waals surface area contributed by atoms with Crippen LogP contribution >= 0.6 is 15.9 Å². The van der Waals surface area contributed by atoms with Gasteiger partial charge in [-0.1, -0.05) is 34.1 Å². The summed E-state index contributed by atoms with van der Waals surface area (Å²) in [6.07, 6.45) is 4.29. The highest BCUT2D eigenvalue weighted by molar-refractivity contribution is 9.10. The summed E-state index contributed by atoms with van der Waals surface area (Å²) in [5.41, 5.74) is 0.999. The summed E-state index contributed by atoms with van der Waals surface area (Å²) >= 11 is 3.44. The molecule has 1 aromatic rings. The van der Waals surface area contributed by atoms with Crippen molar-refractivity contribution in [1.82, 2.24) is 15.1 Å². The Morgan fingerprint density at radius 2 is 1.90 bits per heavy atom. The molecule has 1 aliphatic rings. The first-order chi connectivity index (χ1) is 9.70. The molecule has 1 aliphatic heterocycles. The predicted octanol–water partition coefficient (Wildman–Crippen LogP) is 1.90. The van der Waals surface area contributed by atoms with Crippen LogP contribution in [0, 0.1) is 0 Å². The van der Waals surface area contributed by atoms with Gasteiger partial charge in [-0.05, 0) is 17.7 Å². The number of amides is 3. The summed E-state index contributed by atoms with van der Waals surface area (Å²) in [6, 6.07) is 7.63. The van der Waals surface area contributed by atoms with Crippen LogP contribution in [0.5, 0.6) is 0 Å². The van der Waals surface area contributed by atoms with Crippen LogP contribution < -0.4 is 5.32 Å². The van der Waals surface area contributed by atoms with Gasteiger partial charge in [-0.25, -0.2) is 4.79 Å². The number of piperazine rings is 1. The second-order valence-corrected chi connectivity index (χ2v) is 5.29. The van der Waals surface area contributed by atoms with Crippen molar-refractivity contribution in [1.29, 1.82) is 0 Å². The van der Waals surface area contributed by atoms with Gasteiger partial charge in [0.15, 0.2) is 0 Å². The van der Waals surface area contributed by atoms with Crippen molar-refractivity contribution in [3.63, 3.8) is 0 Å². The van der Waals surface area contributed by atoms with Crippen molar-refractivity contribution in [2.24, 2.45) is 0 Å². The van der Waals surface area contributed by atoms with Crippen LogP contribution in [-0.4, -0.2) is 48.4 Å². The van der Waals surface area contributed by atoms with Crippen LogP contribution in [0.25, 0.3) is 6.08 Å². The van der Waals surface area contributed by atoms with Crippen molar-refractivity contribution in [3.05, 3.63) is 40.5 Å². The average molecular weight is 338 g/mol. The molecular formula is C14H16BrN3O2. The zero-order valence-corrected chi connectivity index (χ0v) is 12.5. The molecule has 1 N–H and O–H groups in total. The van der Waals surface area contributed by atoms with Crippen molar-refractivity contribution >= 4 is 34.4 Å². The molecule has 0 radical (unpaired) electrons. The van der Waals surface area contributed by atoms with Gasteiger partial charge in [-0.2, -0.15) is 0 Å². The molecule has 0 aliphatic carbocycles. The fraction of sp³-hybridized carbons (Fsp3) is 0.286. The second-order valence-electron chi connectivity index (χ2n) is 4.43. The number of carbonyl (C=O) groups excluding carboxylic acids is 2. The van der Waals surface area contributed by atoms with E-state index in [-0.39, 0.29) is 6.03 Å². The molecule has 0 unspecified atom stereocenters. The maximum absolute atomic E-state index is 11.9. The molecule has 2 rings (SSSR count). The topological polar surface area (TPSA) is 52.7 Å². The minimum absolute atomic E-state index is 0.140. The van der Waals surface area contributed by atoms with Crippen LogP contribution in [0.3, 0.4) is 0 Å². The smallest absolute Gasteiger partial charge is 0.321 e. The molecule has 0 spiro atoms. The van der Waals surface area contributed by atoms with Crippen molar-refractivity contribution in [2.45, 2.75) is 0 Å². The summed E-state index contributed by atoms with van der Waals surface area (Å²) in [5, 5.41) is 2.74. The Morgan fingerprint density at radius 1 is 1.20 bits per heavy atom. The highest BCUT2D eigenvalue weighted by Crippen LogP contribution is 2.16. The van der Waals surface area contributed by atoms with Crippen molar-refractivity contribution in [3.8, 4) is 0 Å². The maximum Gasteiger partial charge on any atom is 0.321 e. The SMILES string of the molecule is O=CN1CCN(C(=O)N/C=C/c2ccccc2Br)CC1. The zero-order chi connectivity index (χ0) is 14.4. The molecule has 1 fully saturated rings. The number of carbonyl (C=O) groups is 2. The minimum atomic E-state index is -0.140. The van der Waals surface area contributed by atoms with Gasteiger partial charge in [-0.15, -0.1) is 0 Å². The first kappa shape index (κ1) is 14.6. The van der Waals surface area contributed by atoms with Gasteiger partial charge in [0.2, 0.25) is 6.41 Å². The normalized spacial score (nSPS) is 15.4. The Hall–Kier alpha value is -1.82. The van der Waals surface area contributed by atoms with E-state index in [1.165, 1.54) is 0 Å². The van der Waals surface area contributed by atoms with E-state index in [1.54, 1.807) is 16.0 Å². The maximum atomic E-state index is 11.9. The fourth-order valence-electron chi connectivity index (χ4n) is 1.93. The molecule has 1 heterocycles. The highest BCUT2D eigenvalue weighted by atomic mass is 79.9. The lowest BCUT2D eigenvalue weighted by atomic mass is 10.2. The number of hydrogen-bond acceptors (Lipinski definition) is 2. The van der Waals surface area contributed by atoms with Gasteiger partial charge >= 0.3 is 6.03 Å². The molecule has 106 valence electrons. The Bertz CT molecular complexity index is 511. The fourth-order valence-corrected chi connectivity index (χ4v) is 2.35. The van der Waals surface area contributed by atoms with Crippen LogP contribution in [0.4, 0.5) is 4.79 Å². The summed E-state index contributed by atoms with van der Waals surface area (Å²) < 4.78 is 0.977. The zero-order valence-electron chi connectivity index (χ0n) is 11.0. The van der Waals surface area contributed by atoms with Crippen LogP contribution in [-0.2, 0) is 4.79 Å². The van der Waals surface area contributed by atoms with Gasteiger partial charge in [0, 0.05) is 36.9 Å². The Labute approximate surface area is 126 Å². The van der Waals surface area contributed by atoms with Gasteiger partial charge in [0.05, 0.1) is 0 Å². The quantitative estimate of drug-likeness (QED) is 0.856. The van der Waals surface area contributed by atoms with E-state index >= 15 is 0 Å². The van der Waals surface area contributed by atoms with E-state index < -0.39 is 0 Å². The molecule has 20 heavy (non-hydrogen) atoms. The third-order valence-corrected chi connectivity index (χ3v) is 3.85. The van der Waals surface area contributed by atoms with Gasteiger partial charge < -0.3 is 15.1 Å². The number of rotatable bonds is 3. The van der Waals surface area contributed by atoms with Crippen LogP contribution in [0.2, 0.25) is 0 Å². The highest BCUT2D eigenvalue weighted by Gasteiger charge is 2.18. The molecular weight excluding hydrogens is 322 g/mol. The molecule has 0 bridgehead atoms. The third kappa shape index (κ3) is 3.84. The van der Waals surface area contributed by atoms with E-state index in [1.807, 2.05) is 30.3 Å². The molecule has 1 aromatic carbocycles. The van der Waals surface area contributed by atoms with E-state index in [9.17, 15) is 9.59 Å². The number of urea groups is 1. The Morgan fingerprint density at radius 3 is 2.55 bits per heavy atom. The van der Waals surface area contributed by atoms with E-state index in [0.717, 1.165) is 16.4 Å². The molecule has 3 amide bonds. The molecule has 5 nitrogen and oxygen atoms in total. The Balaban J connectivity index is 1.84. The summed E-state index contributed by atoms with van der Waals surface area (Å²) in [6.45, 7) is 2.30. The summed E-state index contributed by atoms with van der Waals surface area (Å²) in [4.78, 5) is 25.9. The lowest BCUT2D eigenvalue weighted by Gasteiger charge is -2.32. The van der Waals surface area contributed by atoms with E-state index in [2.05, 4.69) is 21.2 Å². The number of halogens is 1. The van der Waals surface area contributed by atoms with Crippen molar-refractivity contribution in [2.75, 3.05) is 26.2 Å². The van der Waals surface area contributed by atoms with Gasteiger partial charge in [-0.3, -0.25) is 4.79 Å². The minimum Gasteiger partial charge on any atom is -0.342 e. The third-order valence-electron chi connectivity index (χ3n) is 3.13. The summed E-state index contributed by atoms with van der Waals surface area (Å²) in [7, 11) is 0. The number of nitrogens with zero attached hydrogens (tertiary/aromatic N) is 2.